The summed E-state index contributed by atoms with van der Waals surface area (Å²) >= 11 is 1.15. The number of esters is 1. The van der Waals surface area contributed by atoms with Gasteiger partial charge in [-0.15, -0.1) is 0 Å². The number of nitro benzene ring substituents is 1. The highest BCUT2D eigenvalue weighted by molar-refractivity contribution is 7.07. The van der Waals surface area contributed by atoms with Crippen molar-refractivity contribution in [3.8, 4) is 0 Å². The topological polar surface area (TPSA) is 117 Å². The Bertz CT molecular complexity index is 1380. The minimum Gasteiger partial charge on any atom is -0.465 e. The molecule has 0 spiro atoms. The van der Waals surface area contributed by atoms with Gasteiger partial charge in [-0.25, -0.2) is 9.79 Å². The molecule has 0 fully saturated rings. The normalized spacial score (nSPS) is 16.1. The second-order valence-corrected chi connectivity index (χ2v) is 7.68. The average molecular weight is 439 g/mol. The van der Waals surface area contributed by atoms with Crippen molar-refractivity contribution in [1.29, 1.82) is 0 Å². The Balaban J connectivity index is 1.99. The first kappa shape index (κ1) is 20.5. The molecular weight excluding hydrogens is 422 g/mol. The van der Waals surface area contributed by atoms with Crippen molar-refractivity contribution < 1.29 is 18.9 Å². The molecule has 0 amide bonds. The van der Waals surface area contributed by atoms with E-state index in [0.717, 1.165) is 11.3 Å². The summed E-state index contributed by atoms with van der Waals surface area (Å²) in [4.78, 5) is 41.7. The smallest absolute Gasteiger partial charge is 0.338 e. The second-order valence-electron chi connectivity index (χ2n) is 6.67. The van der Waals surface area contributed by atoms with E-state index >= 15 is 0 Å². The molecule has 0 radical (unpaired) electrons. The van der Waals surface area contributed by atoms with E-state index in [2.05, 4.69) is 4.99 Å². The number of rotatable bonds is 5. The van der Waals surface area contributed by atoms with Gasteiger partial charge < -0.3 is 9.15 Å². The van der Waals surface area contributed by atoms with Crippen LogP contribution in [0.1, 0.15) is 31.2 Å². The number of thiazole rings is 1. The molecule has 0 aliphatic carbocycles. The summed E-state index contributed by atoms with van der Waals surface area (Å²) in [5.41, 5.74) is 0.441. The second kappa shape index (κ2) is 8.15. The predicted octanol–water partition coefficient (Wildman–Crippen LogP) is 2.30. The molecule has 9 nitrogen and oxygen atoms in total. The third kappa shape index (κ3) is 3.73. The van der Waals surface area contributed by atoms with E-state index in [1.807, 2.05) is 0 Å². The van der Waals surface area contributed by atoms with Crippen LogP contribution in [0.5, 0.6) is 0 Å². The van der Waals surface area contributed by atoms with Crippen LogP contribution in [0.25, 0.3) is 6.08 Å². The summed E-state index contributed by atoms with van der Waals surface area (Å²) < 4.78 is 12.2. The van der Waals surface area contributed by atoms with Crippen molar-refractivity contribution in [1.82, 2.24) is 4.57 Å². The number of nitro groups is 1. The highest BCUT2D eigenvalue weighted by Gasteiger charge is 2.34. The van der Waals surface area contributed by atoms with Crippen molar-refractivity contribution in [2.45, 2.75) is 19.9 Å². The molecule has 0 saturated heterocycles. The molecule has 3 aromatic rings. The van der Waals surface area contributed by atoms with Crippen molar-refractivity contribution >= 4 is 29.1 Å². The van der Waals surface area contributed by atoms with E-state index in [9.17, 15) is 19.7 Å². The molecule has 4 rings (SSSR count). The Labute approximate surface area is 179 Å². The predicted molar refractivity (Wildman–Crippen MR) is 112 cm³/mol. The molecule has 1 aliphatic rings. The zero-order chi connectivity index (χ0) is 22.1. The van der Waals surface area contributed by atoms with Crippen LogP contribution in [0.2, 0.25) is 0 Å². The molecule has 0 bridgehead atoms. The molecule has 1 atom stereocenters. The Morgan fingerprint density at radius 2 is 2.19 bits per heavy atom. The number of furan rings is 1. The van der Waals surface area contributed by atoms with E-state index in [1.54, 1.807) is 38.1 Å². The zero-order valence-electron chi connectivity index (χ0n) is 16.6. The van der Waals surface area contributed by atoms with Crippen molar-refractivity contribution in [2.75, 3.05) is 6.61 Å². The van der Waals surface area contributed by atoms with Gasteiger partial charge in [-0.05, 0) is 31.5 Å². The Morgan fingerprint density at radius 3 is 2.87 bits per heavy atom. The summed E-state index contributed by atoms with van der Waals surface area (Å²) in [6.07, 6.45) is 3.09. The highest BCUT2D eigenvalue weighted by Crippen LogP contribution is 2.32. The first-order valence-corrected chi connectivity index (χ1v) is 10.2. The first-order chi connectivity index (χ1) is 14.9. The third-order valence-corrected chi connectivity index (χ3v) is 5.71. The van der Waals surface area contributed by atoms with Crippen LogP contribution >= 0.6 is 11.3 Å². The number of hydrogen-bond donors (Lipinski definition) is 0. The molecule has 31 heavy (non-hydrogen) atoms. The first-order valence-electron chi connectivity index (χ1n) is 9.38. The van der Waals surface area contributed by atoms with Gasteiger partial charge in [0, 0.05) is 18.2 Å². The lowest BCUT2D eigenvalue weighted by Crippen LogP contribution is -2.39. The number of ether oxygens (including phenoxy) is 1. The van der Waals surface area contributed by atoms with Crippen LogP contribution in [0.4, 0.5) is 5.69 Å². The molecule has 1 aromatic carbocycles. The number of carbonyl (C=O) groups is 1. The van der Waals surface area contributed by atoms with Crippen LogP contribution < -0.4 is 14.9 Å². The van der Waals surface area contributed by atoms with Crippen molar-refractivity contribution in [3.05, 3.63) is 95.1 Å². The van der Waals surface area contributed by atoms with Gasteiger partial charge in [-0.3, -0.25) is 19.5 Å². The summed E-state index contributed by atoms with van der Waals surface area (Å²) in [7, 11) is 0. The number of aromatic nitrogens is 1. The highest BCUT2D eigenvalue weighted by atomic mass is 32.1. The number of fused-ring (bicyclic) bond motifs is 1. The maximum absolute atomic E-state index is 13.3. The minimum absolute atomic E-state index is 0.139. The number of non-ortho nitro benzene ring substituents is 1. The van der Waals surface area contributed by atoms with Gasteiger partial charge in [0.05, 0.1) is 39.6 Å². The van der Waals surface area contributed by atoms with Gasteiger partial charge in [0.25, 0.3) is 11.2 Å². The van der Waals surface area contributed by atoms with Gasteiger partial charge in [0.2, 0.25) is 0 Å². The molecular formula is C21H17N3O6S. The van der Waals surface area contributed by atoms with E-state index in [1.165, 1.54) is 29.0 Å². The maximum Gasteiger partial charge on any atom is 0.338 e. The molecule has 0 N–H and O–H groups in total. The SMILES string of the molecule is CCOC(=O)C1=C(C)N=c2sc(=Cc3ccco3)c(=O)n2C1c1cccc([N+](=O)[O-])c1. The Morgan fingerprint density at radius 1 is 1.39 bits per heavy atom. The van der Waals surface area contributed by atoms with Gasteiger partial charge in [-0.1, -0.05) is 23.5 Å². The minimum atomic E-state index is -0.908. The number of carbonyl (C=O) groups excluding carboxylic acids is 1. The molecule has 3 heterocycles. The summed E-state index contributed by atoms with van der Waals surface area (Å²) in [6.45, 7) is 3.47. The standard InChI is InChI=1S/C21H17N3O6S/c1-3-29-20(26)17-12(2)22-21-23(18(17)13-6-4-7-14(10-13)24(27)28)19(25)16(31-21)11-15-8-5-9-30-15/h4-11,18H,3H2,1-2H3. The fourth-order valence-electron chi connectivity index (χ4n) is 3.42. The van der Waals surface area contributed by atoms with Crippen LogP contribution in [0, 0.1) is 10.1 Å². The summed E-state index contributed by atoms with van der Waals surface area (Å²) in [5.74, 6) is -0.126. The largest absolute Gasteiger partial charge is 0.465 e. The van der Waals surface area contributed by atoms with Crippen LogP contribution in [0.3, 0.4) is 0 Å². The Kier molecular flexibility index (Phi) is 5.38. The number of allylic oxidation sites excluding steroid dienone is 1. The van der Waals surface area contributed by atoms with E-state index < -0.39 is 16.9 Å². The van der Waals surface area contributed by atoms with Gasteiger partial charge in [0.1, 0.15) is 5.76 Å². The lowest BCUT2D eigenvalue weighted by atomic mass is 9.95. The molecule has 1 aliphatic heterocycles. The van der Waals surface area contributed by atoms with Crippen LogP contribution in [-0.2, 0) is 9.53 Å². The van der Waals surface area contributed by atoms with Gasteiger partial charge >= 0.3 is 5.97 Å². The quantitative estimate of drug-likeness (QED) is 0.342. The third-order valence-electron chi connectivity index (χ3n) is 4.73. The van der Waals surface area contributed by atoms with Crippen molar-refractivity contribution in [2.24, 2.45) is 4.99 Å². The number of hydrogen-bond acceptors (Lipinski definition) is 8. The molecule has 0 saturated carbocycles. The van der Waals surface area contributed by atoms with E-state index in [0.29, 0.717) is 26.4 Å². The lowest BCUT2D eigenvalue weighted by molar-refractivity contribution is -0.384. The van der Waals surface area contributed by atoms with Gasteiger partial charge in [-0.2, -0.15) is 0 Å². The molecule has 2 aromatic heterocycles. The molecule has 158 valence electrons. The average Bonchev–Trinajstić information content (AvgIpc) is 3.35. The molecule has 10 heteroatoms. The van der Waals surface area contributed by atoms with Crippen molar-refractivity contribution in [3.63, 3.8) is 0 Å². The molecule has 1 unspecified atom stereocenters. The lowest BCUT2D eigenvalue weighted by Gasteiger charge is -2.24. The van der Waals surface area contributed by atoms with E-state index in [4.69, 9.17) is 9.15 Å². The fraction of sp³-hybridized carbons (Fsp3) is 0.190. The van der Waals surface area contributed by atoms with Gasteiger partial charge in [0.15, 0.2) is 4.80 Å². The number of nitrogens with zero attached hydrogens (tertiary/aromatic N) is 3. The summed E-state index contributed by atoms with van der Waals surface area (Å²) in [5, 5.41) is 11.3. The monoisotopic (exact) mass is 439 g/mol. The van der Waals surface area contributed by atoms with Crippen LogP contribution in [0.15, 0.2) is 68.1 Å². The fourth-order valence-corrected chi connectivity index (χ4v) is 4.44. The Hall–Kier alpha value is -3.79. The number of benzene rings is 1. The summed E-state index contributed by atoms with van der Waals surface area (Å²) in [6, 6.07) is 8.37. The van der Waals surface area contributed by atoms with E-state index in [-0.39, 0.29) is 23.4 Å². The van der Waals surface area contributed by atoms with Crippen LogP contribution in [-0.4, -0.2) is 22.1 Å². The maximum atomic E-state index is 13.3. The zero-order valence-corrected chi connectivity index (χ0v) is 17.4.